The van der Waals surface area contributed by atoms with Crippen LogP contribution in [0.1, 0.15) is 26.2 Å². The highest BCUT2D eigenvalue weighted by molar-refractivity contribution is 5.07. The second kappa shape index (κ2) is 3.56. The molecule has 0 bridgehead atoms. The van der Waals surface area contributed by atoms with Crippen LogP contribution in [0.2, 0.25) is 0 Å². The first kappa shape index (κ1) is 9.44. The lowest BCUT2D eigenvalue weighted by molar-refractivity contribution is -0.164. The average molecular weight is 185 g/mol. The summed E-state index contributed by atoms with van der Waals surface area (Å²) in [6.07, 6.45) is 3.60. The summed E-state index contributed by atoms with van der Waals surface area (Å²) in [4.78, 5) is 0. The number of ether oxygens (including phenoxy) is 2. The van der Waals surface area contributed by atoms with Gasteiger partial charge in [0.2, 0.25) is 0 Å². The molecule has 1 saturated carbocycles. The third-order valence-corrected chi connectivity index (χ3v) is 3.64. The maximum atomic E-state index is 6.07. The third-order valence-electron chi connectivity index (χ3n) is 3.64. The molecule has 76 valence electrons. The Kier molecular flexibility index (Phi) is 2.58. The highest BCUT2D eigenvalue weighted by atomic mass is 16.5. The molecule has 2 atom stereocenters. The molecule has 13 heavy (non-hydrogen) atoms. The maximum Gasteiger partial charge on any atom is 0.0662 e. The van der Waals surface area contributed by atoms with Crippen LogP contribution in [0.5, 0.6) is 0 Å². The van der Waals surface area contributed by atoms with Gasteiger partial charge in [0.1, 0.15) is 0 Å². The van der Waals surface area contributed by atoms with Crippen molar-refractivity contribution in [3.05, 3.63) is 0 Å². The van der Waals surface area contributed by atoms with Gasteiger partial charge in [0, 0.05) is 31.3 Å². The van der Waals surface area contributed by atoms with Crippen LogP contribution >= 0.6 is 0 Å². The highest BCUT2D eigenvalue weighted by Crippen LogP contribution is 2.49. The van der Waals surface area contributed by atoms with Gasteiger partial charge in [-0.2, -0.15) is 0 Å². The number of rotatable bonds is 2. The second-order valence-electron chi connectivity index (χ2n) is 4.13. The van der Waals surface area contributed by atoms with Crippen LogP contribution in [-0.2, 0) is 9.47 Å². The van der Waals surface area contributed by atoms with E-state index in [0.717, 1.165) is 39.1 Å². The summed E-state index contributed by atoms with van der Waals surface area (Å²) in [5, 5.41) is 0. The van der Waals surface area contributed by atoms with Crippen molar-refractivity contribution in [2.75, 3.05) is 19.8 Å². The van der Waals surface area contributed by atoms with E-state index in [0.29, 0.717) is 12.1 Å². The molecule has 2 fully saturated rings. The van der Waals surface area contributed by atoms with E-state index in [1.54, 1.807) is 0 Å². The van der Waals surface area contributed by atoms with Crippen molar-refractivity contribution in [2.24, 2.45) is 11.1 Å². The lowest BCUT2D eigenvalue weighted by atomic mass is 9.58. The normalized spacial score (nSPS) is 37.4. The smallest absolute Gasteiger partial charge is 0.0662 e. The van der Waals surface area contributed by atoms with E-state index >= 15 is 0 Å². The molecule has 1 aliphatic heterocycles. The first-order valence-corrected chi connectivity index (χ1v) is 5.24. The van der Waals surface area contributed by atoms with Crippen molar-refractivity contribution in [3.8, 4) is 0 Å². The predicted octanol–water partition coefficient (Wildman–Crippen LogP) is 0.919. The molecule has 1 saturated heterocycles. The molecular weight excluding hydrogens is 166 g/mol. The molecule has 1 aliphatic carbocycles. The number of hydrogen-bond acceptors (Lipinski definition) is 3. The van der Waals surface area contributed by atoms with E-state index in [1.807, 2.05) is 0 Å². The molecule has 0 aromatic rings. The average Bonchev–Trinajstić information content (AvgIpc) is 2.19. The van der Waals surface area contributed by atoms with Gasteiger partial charge in [-0.1, -0.05) is 0 Å². The van der Waals surface area contributed by atoms with Gasteiger partial charge in [-0.05, 0) is 26.2 Å². The van der Waals surface area contributed by atoms with E-state index in [1.165, 1.54) is 0 Å². The molecule has 2 aliphatic rings. The van der Waals surface area contributed by atoms with Crippen LogP contribution in [0.15, 0.2) is 0 Å². The van der Waals surface area contributed by atoms with Gasteiger partial charge in [-0.3, -0.25) is 0 Å². The van der Waals surface area contributed by atoms with Crippen molar-refractivity contribution in [1.29, 1.82) is 0 Å². The molecule has 1 spiro atoms. The Labute approximate surface area is 79.6 Å². The summed E-state index contributed by atoms with van der Waals surface area (Å²) < 4.78 is 11.1. The fourth-order valence-electron chi connectivity index (χ4n) is 2.66. The topological polar surface area (TPSA) is 44.5 Å². The van der Waals surface area contributed by atoms with Crippen molar-refractivity contribution >= 4 is 0 Å². The van der Waals surface area contributed by atoms with Gasteiger partial charge in [0.05, 0.1) is 6.10 Å². The zero-order valence-corrected chi connectivity index (χ0v) is 8.29. The molecule has 0 amide bonds. The van der Waals surface area contributed by atoms with Crippen LogP contribution in [-0.4, -0.2) is 32.0 Å². The third kappa shape index (κ3) is 1.39. The zero-order valence-electron chi connectivity index (χ0n) is 8.29. The first-order chi connectivity index (χ1) is 6.29. The van der Waals surface area contributed by atoms with Crippen molar-refractivity contribution < 1.29 is 9.47 Å². The van der Waals surface area contributed by atoms with E-state index < -0.39 is 0 Å². The van der Waals surface area contributed by atoms with Crippen LogP contribution in [0.3, 0.4) is 0 Å². The quantitative estimate of drug-likeness (QED) is 0.695. The maximum absolute atomic E-state index is 6.07. The Hall–Kier alpha value is -0.120. The molecular formula is C10H19NO2. The van der Waals surface area contributed by atoms with Crippen LogP contribution in [0.25, 0.3) is 0 Å². The minimum atomic E-state index is 0.258. The molecule has 0 unspecified atom stereocenters. The molecule has 0 aromatic carbocycles. The standard InChI is InChI=1S/C10H19NO2/c1-2-13-9-7-8(11)10(9)3-5-12-6-4-10/h8-9H,2-7,11H2,1H3/t8-,9-/m0/s1. The summed E-state index contributed by atoms with van der Waals surface area (Å²) in [6, 6.07) is 0.341. The van der Waals surface area contributed by atoms with Crippen LogP contribution < -0.4 is 5.73 Å². The van der Waals surface area contributed by atoms with E-state index in [9.17, 15) is 0 Å². The van der Waals surface area contributed by atoms with Gasteiger partial charge in [-0.15, -0.1) is 0 Å². The van der Waals surface area contributed by atoms with Crippen molar-refractivity contribution in [2.45, 2.75) is 38.3 Å². The van der Waals surface area contributed by atoms with Crippen molar-refractivity contribution in [3.63, 3.8) is 0 Å². The molecule has 1 heterocycles. The monoisotopic (exact) mass is 185 g/mol. The SMILES string of the molecule is CCO[C@H]1C[C@H](N)C12CCOCC2. The molecule has 0 aromatic heterocycles. The Morgan fingerprint density at radius 3 is 2.69 bits per heavy atom. The van der Waals surface area contributed by atoms with Crippen LogP contribution in [0.4, 0.5) is 0 Å². The number of nitrogens with two attached hydrogens (primary N) is 1. The number of hydrogen-bond donors (Lipinski definition) is 1. The first-order valence-electron chi connectivity index (χ1n) is 5.24. The molecule has 2 rings (SSSR count). The Morgan fingerprint density at radius 2 is 2.15 bits per heavy atom. The Balaban J connectivity index is 1.99. The molecule has 3 heteroatoms. The fourth-order valence-corrected chi connectivity index (χ4v) is 2.66. The predicted molar refractivity (Wildman–Crippen MR) is 50.5 cm³/mol. The summed E-state index contributed by atoms with van der Waals surface area (Å²) in [6.45, 7) is 4.57. The van der Waals surface area contributed by atoms with Gasteiger partial charge in [0.25, 0.3) is 0 Å². The van der Waals surface area contributed by atoms with Gasteiger partial charge >= 0.3 is 0 Å². The minimum Gasteiger partial charge on any atom is -0.381 e. The molecule has 3 nitrogen and oxygen atoms in total. The fraction of sp³-hybridized carbons (Fsp3) is 1.00. The summed E-state index contributed by atoms with van der Waals surface area (Å²) >= 11 is 0. The van der Waals surface area contributed by atoms with Gasteiger partial charge in [0.15, 0.2) is 0 Å². The summed E-state index contributed by atoms with van der Waals surface area (Å²) in [7, 11) is 0. The summed E-state index contributed by atoms with van der Waals surface area (Å²) in [5.41, 5.74) is 6.33. The van der Waals surface area contributed by atoms with Crippen LogP contribution in [0, 0.1) is 5.41 Å². The van der Waals surface area contributed by atoms with E-state index in [4.69, 9.17) is 15.2 Å². The molecule has 0 radical (unpaired) electrons. The van der Waals surface area contributed by atoms with Gasteiger partial charge in [-0.25, -0.2) is 0 Å². The lowest BCUT2D eigenvalue weighted by Crippen LogP contribution is -2.64. The Bertz CT molecular complexity index is 176. The largest absolute Gasteiger partial charge is 0.381 e. The lowest BCUT2D eigenvalue weighted by Gasteiger charge is -2.55. The molecule has 2 N–H and O–H groups in total. The summed E-state index contributed by atoms with van der Waals surface area (Å²) in [5.74, 6) is 0. The second-order valence-corrected chi connectivity index (χ2v) is 4.13. The van der Waals surface area contributed by atoms with Crippen molar-refractivity contribution in [1.82, 2.24) is 0 Å². The highest BCUT2D eigenvalue weighted by Gasteiger charge is 2.54. The van der Waals surface area contributed by atoms with E-state index in [2.05, 4.69) is 6.92 Å². The minimum absolute atomic E-state index is 0.258. The zero-order chi connectivity index (χ0) is 9.31. The Morgan fingerprint density at radius 1 is 1.46 bits per heavy atom. The van der Waals surface area contributed by atoms with E-state index in [-0.39, 0.29) is 5.41 Å². The van der Waals surface area contributed by atoms with Gasteiger partial charge < -0.3 is 15.2 Å².